The van der Waals surface area contributed by atoms with E-state index in [1.807, 2.05) is 0 Å². The molecule has 2 aromatic rings. The highest BCUT2D eigenvalue weighted by molar-refractivity contribution is 7.17. The maximum atomic E-state index is 13.0. The van der Waals surface area contributed by atoms with Crippen molar-refractivity contribution in [2.45, 2.75) is 57.2 Å². The lowest BCUT2D eigenvalue weighted by atomic mass is 10.1. The van der Waals surface area contributed by atoms with Gasteiger partial charge in [-0.3, -0.25) is 5.32 Å². The minimum atomic E-state index is -4.75. The summed E-state index contributed by atoms with van der Waals surface area (Å²) in [5, 5.41) is 15.4. The summed E-state index contributed by atoms with van der Waals surface area (Å²) >= 11 is 1.27. The number of carboxylic acid groups (broad SMARTS) is 1. The summed E-state index contributed by atoms with van der Waals surface area (Å²) < 4.78 is 43.8. The molecule has 2 N–H and O–H groups in total. The Morgan fingerprint density at radius 2 is 1.97 bits per heavy atom. The molecule has 3 heterocycles. The number of likely N-dealkylation sites (tertiary alicyclic amines) is 1. The molecule has 2 aliphatic rings. The number of carboxylic acids is 1. The van der Waals surface area contributed by atoms with E-state index in [0.29, 0.717) is 36.4 Å². The molecule has 2 amide bonds. The Balaban J connectivity index is 1.70. The minimum absolute atomic E-state index is 0.294. The van der Waals surface area contributed by atoms with Gasteiger partial charge < -0.3 is 14.5 Å². The van der Waals surface area contributed by atoms with Gasteiger partial charge in [-0.2, -0.15) is 18.2 Å². The van der Waals surface area contributed by atoms with Crippen molar-refractivity contribution in [2.75, 3.05) is 11.9 Å². The van der Waals surface area contributed by atoms with E-state index in [0.717, 1.165) is 36.1 Å². The molecule has 0 aromatic carbocycles. The fourth-order valence-corrected chi connectivity index (χ4v) is 5.20. The first-order valence-electron chi connectivity index (χ1n) is 9.62. The second-order valence-corrected chi connectivity index (χ2v) is 8.41. The summed E-state index contributed by atoms with van der Waals surface area (Å²) in [6, 6.07) is -1.53. The van der Waals surface area contributed by atoms with Crippen LogP contribution in [0, 0.1) is 0 Å². The number of alkyl halides is 3. The largest absolute Gasteiger partial charge is 0.480 e. The zero-order chi connectivity index (χ0) is 21.5. The van der Waals surface area contributed by atoms with Crippen LogP contribution >= 0.6 is 11.3 Å². The number of rotatable bonds is 3. The number of hydrogen-bond acceptors (Lipinski definition) is 6. The van der Waals surface area contributed by atoms with Crippen molar-refractivity contribution in [3.8, 4) is 11.5 Å². The lowest BCUT2D eigenvalue weighted by molar-refractivity contribution is -0.146. The molecule has 1 saturated heterocycles. The highest BCUT2D eigenvalue weighted by Crippen LogP contribution is 2.44. The number of fused-ring (bicyclic) bond motifs is 1. The molecule has 12 heteroatoms. The van der Waals surface area contributed by atoms with Crippen LogP contribution in [0.5, 0.6) is 0 Å². The number of nitrogens with zero attached hydrogens (tertiary/aromatic N) is 3. The summed E-state index contributed by atoms with van der Waals surface area (Å²) in [5.74, 6) is -2.77. The number of anilines is 1. The zero-order valence-corrected chi connectivity index (χ0v) is 16.6. The quantitative estimate of drug-likeness (QED) is 0.688. The molecule has 1 aliphatic carbocycles. The van der Waals surface area contributed by atoms with Crippen LogP contribution in [0.2, 0.25) is 0 Å². The first-order chi connectivity index (χ1) is 14.3. The molecule has 4 rings (SSSR count). The van der Waals surface area contributed by atoms with E-state index < -0.39 is 30.0 Å². The molecule has 8 nitrogen and oxygen atoms in total. The fourth-order valence-electron chi connectivity index (χ4n) is 3.93. The van der Waals surface area contributed by atoms with Crippen LogP contribution in [0.3, 0.4) is 0 Å². The zero-order valence-electron chi connectivity index (χ0n) is 15.8. The van der Waals surface area contributed by atoms with E-state index in [4.69, 9.17) is 4.52 Å². The molecule has 0 spiro atoms. The molecule has 1 atom stereocenters. The maximum Gasteiger partial charge on any atom is 0.455 e. The van der Waals surface area contributed by atoms with E-state index in [1.165, 1.54) is 16.2 Å². The Labute approximate surface area is 173 Å². The molecule has 0 radical (unpaired) electrons. The van der Waals surface area contributed by atoms with Gasteiger partial charge in [0.1, 0.15) is 11.0 Å². The Morgan fingerprint density at radius 3 is 2.67 bits per heavy atom. The van der Waals surface area contributed by atoms with Crippen LogP contribution in [-0.2, 0) is 23.8 Å². The lowest BCUT2D eigenvalue weighted by Crippen LogP contribution is -2.42. The molecule has 0 bridgehead atoms. The Morgan fingerprint density at radius 1 is 1.20 bits per heavy atom. The van der Waals surface area contributed by atoms with Crippen molar-refractivity contribution in [1.82, 2.24) is 15.0 Å². The van der Waals surface area contributed by atoms with Gasteiger partial charge in [-0.05, 0) is 44.1 Å². The maximum absolute atomic E-state index is 13.0. The standard InChI is InChI=1S/C18H19F3N4O4S/c19-18(20,21)16-22-13(29-24-16)12-9-5-2-1-3-7-11(9)30-14(12)23-17(28)25-8-4-6-10(25)15(26)27/h10H,1-8H2,(H,23,28)(H,26,27). The van der Waals surface area contributed by atoms with Crippen molar-refractivity contribution in [3.63, 3.8) is 0 Å². The van der Waals surface area contributed by atoms with Crippen molar-refractivity contribution >= 4 is 28.3 Å². The third kappa shape index (κ3) is 3.87. The predicted octanol–water partition coefficient (Wildman–Crippen LogP) is 4.17. The number of carbonyl (C=O) groups excluding carboxylic acids is 1. The number of nitrogens with one attached hydrogen (secondary N) is 1. The van der Waals surface area contributed by atoms with Gasteiger partial charge in [0.05, 0.1) is 5.56 Å². The first kappa shape index (κ1) is 20.6. The van der Waals surface area contributed by atoms with Gasteiger partial charge in [0.2, 0.25) is 0 Å². The van der Waals surface area contributed by atoms with Crippen LogP contribution in [0.25, 0.3) is 11.5 Å². The van der Waals surface area contributed by atoms with Gasteiger partial charge in [0.15, 0.2) is 0 Å². The summed E-state index contributed by atoms with van der Waals surface area (Å²) in [4.78, 5) is 29.9. The third-order valence-electron chi connectivity index (χ3n) is 5.33. The Bertz CT molecular complexity index is 971. The highest BCUT2D eigenvalue weighted by atomic mass is 32.1. The molecule has 1 fully saturated rings. The lowest BCUT2D eigenvalue weighted by Gasteiger charge is -2.21. The van der Waals surface area contributed by atoms with E-state index in [1.54, 1.807) is 0 Å². The smallest absolute Gasteiger partial charge is 0.455 e. The number of carbonyl (C=O) groups is 2. The van der Waals surface area contributed by atoms with Crippen molar-refractivity contribution < 1.29 is 32.4 Å². The fraction of sp³-hybridized carbons (Fsp3) is 0.556. The number of aryl methyl sites for hydroxylation is 1. The number of hydrogen-bond donors (Lipinski definition) is 2. The molecule has 1 unspecified atom stereocenters. The van der Waals surface area contributed by atoms with Crippen LogP contribution in [-0.4, -0.2) is 44.7 Å². The minimum Gasteiger partial charge on any atom is -0.480 e. The van der Waals surface area contributed by atoms with Gasteiger partial charge in [-0.15, -0.1) is 11.3 Å². The first-order valence-corrected chi connectivity index (χ1v) is 10.4. The van der Waals surface area contributed by atoms with E-state index in [-0.39, 0.29) is 5.89 Å². The normalized spacial score (nSPS) is 19.4. The van der Waals surface area contributed by atoms with E-state index in [2.05, 4.69) is 15.5 Å². The monoisotopic (exact) mass is 444 g/mol. The topological polar surface area (TPSA) is 109 Å². The van der Waals surface area contributed by atoms with Gasteiger partial charge in [0.25, 0.3) is 11.7 Å². The Hall–Kier alpha value is -2.63. The SMILES string of the molecule is O=C(O)C1CCCN1C(=O)Nc1sc2c(c1-c1nc(C(F)(F)F)no1)CCCCC2. The van der Waals surface area contributed by atoms with Crippen LogP contribution < -0.4 is 5.32 Å². The van der Waals surface area contributed by atoms with Gasteiger partial charge >= 0.3 is 18.2 Å². The number of urea groups is 1. The van der Waals surface area contributed by atoms with Gasteiger partial charge in [0, 0.05) is 11.4 Å². The van der Waals surface area contributed by atoms with E-state index in [9.17, 15) is 27.9 Å². The molecular formula is C18H19F3N4O4S. The van der Waals surface area contributed by atoms with Gasteiger partial charge in [-0.25, -0.2) is 9.59 Å². The number of aromatic nitrogens is 2. The summed E-state index contributed by atoms with van der Waals surface area (Å²) in [7, 11) is 0. The molecule has 2 aromatic heterocycles. The molecule has 1 aliphatic heterocycles. The van der Waals surface area contributed by atoms with Gasteiger partial charge in [-0.1, -0.05) is 11.6 Å². The number of thiophene rings is 1. The predicted molar refractivity (Wildman–Crippen MR) is 100 cm³/mol. The van der Waals surface area contributed by atoms with E-state index >= 15 is 0 Å². The number of amides is 2. The average molecular weight is 444 g/mol. The summed E-state index contributed by atoms with van der Waals surface area (Å²) in [6.07, 6.45) is 0.332. The highest BCUT2D eigenvalue weighted by Gasteiger charge is 2.39. The van der Waals surface area contributed by atoms with Crippen LogP contribution in [0.15, 0.2) is 4.52 Å². The molecular weight excluding hydrogens is 425 g/mol. The van der Waals surface area contributed by atoms with Crippen molar-refractivity contribution in [2.24, 2.45) is 0 Å². The summed E-state index contributed by atoms with van der Waals surface area (Å²) in [5.41, 5.74) is 1.11. The number of halogens is 3. The summed E-state index contributed by atoms with van der Waals surface area (Å²) in [6.45, 7) is 0.294. The third-order valence-corrected chi connectivity index (χ3v) is 6.54. The van der Waals surface area contributed by atoms with Crippen molar-refractivity contribution in [1.29, 1.82) is 0 Å². The van der Waals surface area contributed by atoms with Crippen molar-refractivity contribution in [3.05, 3.63) is 16.3 Å². The van der Waals surface area contributed by atoms with Crippen LogP contribution in [0.1, 0.15) is 48.4 Å². The second-order valence-electron chi connectivity index (χ2n) is 7.31. The van der Waals surface area contributed by atoms with Crippen LogP contribution in [0.4, 0.5) is 23.0 Å². The molecule has 162 valence electrons. The number of aliphatic carboxylic acids is 1. The average Bonchev–Trinajstić information content (AvgIpc) is 3.37. The Kier molecular flexibility index (Phi) is 5.43. The molecule has 0 saturated carbocycles. The molecule has 30 heavy (non-hydrogen) atoms. The second kappa shape index (κ2) is 7.89.